The highest BCUT2D eigenvalue weighted by molar-refractivity contribution is 5.71. The van der Waals surface area contributed by atoms with Crippen molar-refractivity contribution in [3.8, 4) is 17.0 Å². The highest BCUT2D eigenvalue weighted by Gasteiger charge is 2.08. The van der Waals surface area contributed by atoms with E-state index in [1.54, 1.807) is 6.20 Å². The van der Waals surface area contributed by atoms with Crippen LogP contribution in [0.4, 0.5) is 5.69 Å². The van der Waals surface area contributed by atoms with Gasteiger partial charge in [0.05, 0.1) is 18.5 Å². The largest absolute Gasteiger partial charge is 0.477 e. The first kappa shape index (κ1) is 14.3. The van der Waals surface area contributed by atoms with Gasteiger partial charge in [-0.3, -0.25) is 0 Å². The summed E-state index contributed by atoms with van der Waals surface area (Å²) in [5, 5.41) is 0. The Bertz CT molecular complexity index is 541. The van der Waals surface area contributed by atoms with Crippen LogP contribution >= 0.6 is 0 Å². The van der Waals surface area contributed by atoms with E-state index >= 15 is 0 Å². The number of hydrogen-bond acceptors (Lipinski definition) is 4. The Morgan fingerprint density at radius 1 is 1.20 bits per heavy atom. The summed E-state index contributed by atoms with van der Waals surface area (Å²) in [6.07, 6.45) is 2.60. The summed E-state index contributed by atoms with van der Waals surface area (Å²) in [7, 11) is 4.10. The summed E-state index contributed by atoms with van der Waals surface area (Å²) < 4.78 is 5.80. The van der Waals surface area contributed by atoms with Gasteiger partial charge in [-0.15, -0.1) is 0 Å². The van der Waals surface area contributed by atoms with Crippen molar-refractivity contribution in [1.29, 1.82) is 0 Å². The average molecular weight is 271 g/mol. The Labute approximate surface area is 120 Å². The number of rotatable bonds is 6. The van der Waals surface area contributed by atoms with Crippen molar-refractivity contribution in [3.63, 3.8) is 0 Å². The molecule has 0 aliphatic rings. The number of ether oxygens (including phenoxy) is 1. The van der Waals surface area contributed by atoms with E-state index in [4.69, 9.17) is 10.5 Å². The maximum atomic E-state index is 5.83. The van der Waals surface area contributed by atoms with Gasteiger partial charge in [0.2, 0.25) is 5.88 Å². The number of aromatic nitrogens is 1. The molecule has 1 aromatic carbocycles. The monoisotopic (exact) mass is 271 g/mol. The highest BCUT2D eigenvalue weighted by Crippen LogP contribution is 2.29. The predicted octanol–water partition coefficient (Wildman–Crippen LogP) is 2.66. The zero-order valence-electron chi connectivity index (χ0n) is 12.0. The van der Waals surface area contributed by atoms with Gasteiger partial charge in [-0.2, -0.15) is 0 Å². The maximum Gasteiger partial charge on any atom is 0.221 e. The van der Waals surface area contributed by atoms with Crippen LogP contribution < -0.4 is 10.5 Å². The fourth-order valence-corrected chi connectivity index (χ4v) is 1.96. The second kappa shape index (κ2) is 6.91. The van der Waals surface area contributed by atoms with Crippen LogP contribution in [0.5, 0.6) is 5.88 Å². The van der Waals surface area contributed by atoms with Crippen LogP contribution in [0.3, 0.4) is 0 Å². The Hall–Kier alpha value is -2.07. The smallest absolute Gasteiger partial charge is 0.221 e. The fourth-order valence-electron chi connectivity index (χ4n) is 1.96. The molecule has 1 aromatic heterocycles. The highest BCUT2D eigenvalue weighted by atomic mass is 16.5. The van der Waals surface area contributed by atoms with Gasteiger partial charge < -0.3 is 15.4 Å². The van der Waals surface area contributed by atoms with Crippen molar-refractivity contribution < 1.29 is 4.74 Å². The molecule has 0 saturated heterocycles. The number of pyridine rings is 1. The summed E-state index contributed by atoms with van der Waals surface area (Å²) in [5.74, 6) is 0.643. The molecule has 2 aromatic rings. The third-order valence-corrected chi connectivity index (χ3v) is 2.95. The van der Waals surface area contributed by atoms with Gasteiger partial charge in [0, 0.05) is 12.1 Å². The van der Waals surface area contributed by atoms with Gasteiger partial charge >= 0.3 is 0 Å². The van der Waals surface area contributed by atoms with Gasteiger partial charge in [0.15, 0.2) is 0 Å². The van der Waals surface area contributed by atoms with Crippen molar-refractivity contribution in [1.82, 2.24) is 9.88 Å². The van der Waals surface area contributed by atoms with Gasteiger partial charge in [0.25, 0.3) is 0 Å². The van der Waals surface area contributed by atoms with E-state index in [1.807, 2.05) is 36.4 Å². The van der Waals surface area contributed by atoms with Gasteiger partial charge in [-0.25, -0.2) is 4.98 Å². The van der Waals surface area contributed by atoms with Gasteiger partial charge in [0.1, 0.15) is 0 Å². The molecule has 4 heteroatoms. The molecule has 0 fully saturated rings. The molecule has 1 heterocycles. The van der Waals surface area contributed by atoms with Crippen LogP contribution in [0.25, 0.3) is 11.1 Å². The predicted molar refractivity (Wildman–Crippen MR) is 82.8 cm³/mol. The molecule has 2 rings (SSSR count). The van der Waals surface area contributed by atoms with E-state index in [-0.39, 0.29) is 0 Å². The van der Waals surface area contributed by atoms with Crippen LogP contribution in [-0.4, -0.2) is 37.1 Å². The molecule has 0 bridgehead atoms. The molecule has 106 valence electrons. The topological polar surface area (TPSA) is 51.4 Å². The minimum Gasteiger partial charge on any atom is -0.477 e. The molecular weight excluding hydrogens is 250 g/mol. The molecule has 0 aliphatic heterocycles. The van der Waals surface area contributed by atoms with E-state index in [2.05, 4.69) is 24.0 Å². The van der Waals surface area contributed by atoms with Crippen LogP contribution in [0.15, 0.2) is 42.6 Å². The maximum absolute atomic E-state index is 5.83. The molecule has 20 heavy (non-hydrogen) atoms. The number of nitrogen functional groups attached to an aromatic ring is 1. The number of nitrogens with zero attached hydrogens (tertiary/aromatic N) is 2. The fraction of sp³-hybridized carbons (Fsp3) is 0.312. The Balaban J connectivity index is 2.12. The first-order valence-electron chi connectivity index (χ1n) is 6.75. The van der Waals surface area contributed by atoms with E-state index in [9.17, 15) is 0 Å². The second-order valence-corrected chi connectivity index (χ2v) is 4.99. The zero-order valence-corrected chi connectivity index (χ0v) is 12.0. The molecule has 4 nitrogen and oxygen atoms in total. The molecule has 0 radical (unpaired) electrons. The lowest BCUT2D eigenvalue weighted by Gasteiger charge is -2.13. The van der Waals surface area contributed by atoms with Crippen LogP contribution in [0.2, 0.25) is 0 Å². The molecule has 0 spiro atoms. The normalized spacial score (nSPS) is 10.8. The second-order valence-electron chi connectivity index (χ2n) is 4.99. The third-order valence-electron chi connectivity index (χ3n) is 2.95. The number of anilines is 1. The molecular formula is C16H21N3O. The van der Waals surface area contributed by atoms with E-state index in [0.717, 1.165) is 24.1 Å². The summed E-state index contributed by atoms with van der Waals surface area (Å²) in [4.78, 5) is 6.45. The first-order chi connectivity index (χ1) is 9.66. The number of nitrogens with two attached hydrogens (primary N) is 1. The van der Waals surface area contributed by atoms with Gasteiger partial charge in [-0.05, 0) is 32.1 Å². The molecule has 0 saturated carbocycles. The van der Waals surface area contributed by atoms with Crippen molar-refractivity contribution in [2.24, 2.45) is 0 Å². The lowest BCUT2D eigenvalue weighted by atomic mass is 10.1. The number of hydrogen-bond donors (Lipinski definition) is 1. The lowest BCUT2D eigenvalue weighted by Crippen LogP contribution is -2.15. The molecule has 0 amide bonds. The molecule has 2 N–H and O–H groups in total. The quantitative estimate of drug-likeness (QED) is 0.821. The molecule has 0 atom stereocenters. The first-order valence-corrected chi connectivity index (χ1v) is 6.75. The summed E-state index contributed by atoms with van der Waals surface area (Å²) in [6.45, 7) is 1.64. The van der Waals surface area contributed by atoms with E-state index in [1.165, 1.54) is 0 Å². The van der Waals surface area contributed by atoms with Crippen LogP contribution in [0.1, 0.15) is 6.42 Å². The number of benzene rings is 1. The Morgan fingerprint density at radius 3 is 2.65 bits per heavy atom. The van der Waals surface area contributed by atoms with Crippen LogP contribution in [0, 0.1) is 0 Å². The van der Waals surface area contributed by atoms with Crippen molar-refractivity contribution >= 4 is 5.69 Å². The van der Waals surface area contributed by atoms with Crippen molar-refractivity contribution in [2.75, 3.05) is 33.0 Å². The average Bonchev–Trinajstić information content (AvgIpc) is 2.45. The standard InChI is InChI=1S/C16H21N3O/c1-19(2)9-6-10-20-16-15(11-14(17)12-18-16)13-7-4-3-5-8-13/h3-5,7-8,11-12H,6,9-10,17H2,1-2H3. The SMILES string of the molecule is CN(C)CCCOc1ncc(N)cc1-c1ccccc1. The summed E-state index contributed by atoms with van der Waals surface area (Å²) in [5.41, 5.74) is 8.48. The van der Waals surface area contributed by atoms with E-state index in [0.29, 0.717) is 18.2 Å². The van der Waals surface area contributed by atoms with Crippen LogP contribution in [-0.2, 0) is 0 Å². The van der Waals surface area contributed by atoms with Crippen molar-refractivity contribution in [3.05, 3.63) is 42.6 Å². The Kier molecular flexibility index (Phi) is 4.96. The van der Waals surface area contributed by atoms with Gasteiger partial charge in [-0.1, -0.05) is 30.3 Å². The molecule has 0 aliphatic carbocycles. The lowest BCUT2D eigenvalue weighted by molar-refractivity contribution is 0.274. The third kappa shape index (κ3) is 3.96. The molecule has 0 unspecified atom stereocenters. The summed E-state index contributed by atoms with van der Waals surface area (Å²) >= 11 is 0. The minimum absolute atomic E-state index is 0.643. The minimum atomic E-state index is 0.643. The van der Waals surface area contributed by atoms with E-state index < -0.39 is 0 Å². The summed E-state index contributed by atoms with van der Waals surface area (Å²) in [6, 6.07) is 11.9. The van der Waals surface area contributed by atoms with Crippen molar-refractivity contribution in [2.45, 2.75) is 6.42 Å². The zero-order chi connectivity index (χ0) is 14.4. The Morgan fingerprint density at radius 2 is 1.95 bits per heavy atom.